The van der Waals surface area contributed by atoms with E-state index in [4.69, 9.17) is 0 Å². The van der Waals surface area contributed by atoms with Crippen LogP contribution in [0, 0.1) is 0 Å². The third-order valence-corrected chi connectivity index (χ3v) is 2.70. The van der Waals surface area contributed by atoms with E-state index in [1.54, 1.807) is 11.0 Å². The fourth-order valence-corrected chi connectivity index (χ4v) is 1.75. The Balaban J connectivity index is 2.71. The smallest absolute Gasteiger partial charge is 0.242 e. The Morgan fingerprint density at radius 2 is 2.24 bits per heavy atom. The van der Waals surface area contributed by atoms with E-state index in [0.717, 1.165) is 0 Å². The average molecular weight is 239 g/mol. The van der Waals surface area contributed by atoms with Gasteiger partial charge >= 0.3 is 0 Å². The third kappa shape index (κ3) is 3.56. The molecule has 0 aromatic carbocycles. The Labute approximate surface area is 102 Å². The quantitative estimate of drug-likeness (QED) is 0.675. The van der Waals surface area contributed by atoms with Gasteiger partial charge in [0.25, 0.3) is 0 Å². The van der Waals surface area contributed by atoms with Crippen LogP contribution in [0.15, 0.2) is 12.7 Å². The lowest BCUT2D eigenvalue weighted by atomic mass is 10.0. The maximum atomic E-state index is 12.3. The van der Waals surface area contributed by atoms with Gasteiger partial charge in [-0.15, -0.1) is 6.58 Å². The Morgan fingerprint density at radius 1 is 1.59 bits per heavy atom. The van der Waals surface area contributed by atoms with Gasteiger partial charge in [-0.3, -0.25) is 14.9 Å². The van der Waals surface area contributed by atoms with Gasteiger partial charge in [-0.1, -0.05) is 6.08 Å². The van der Waals surface area contributed by atoms with Gasteiger partial charge in [0.05, 0.1) is 6.54 Å². The summed E-state index contributed by atoms with van der Waals surface area (Å²) < 4.78 is 0. The molecule has 1 saturated heterocycles. The highest BCUT2D eigenvalue weighted by molar-refractivity contribution is 5.87. The summed E-state index contributed by atoms with van der Waals surface area (Å²) in [5, 5.41) is 5.63. The van der Waals surface area contributed by atoms with Crippen molar-refractivity contribution >= 4 is 11.8 Å². The minimum absolute atomic E-state index is 0.00241. The monoisotopic (exact) mass is 239 g/mol. The number of nitrogens with zero attached hydrogens (tertiary/aromatic N) is 1. The van der Waals surface area contributed by atoms with Crippen molar-refractivity contribution in [2.75, 3.05) is 19.6 Å². The molecule has 0 aromatic rings. The first-order valence-corrected chi connectivity index (χ1v) is 5.78. The Kier molecular flexibility index (Phi) is 4.28. The van der Waals surface area contributed by atoms with Crippen LogP contribution in [-0.4, -0.2) is 47.9 Å². The summed E-state index contributed by atoms with van der Waals surface area (Å²) in [6, 6.07) is -0.341. The first-order valence-electron chi connectivity index (χ1n) is 5.78. The molecule has 1 aliphatic rings. The lowest BCUT2D eigenvalue weighted by Gasteiger charge is -2.38. The van der Waals surface area contributed by atoms with Crippen LogP contribution in [0.2, 0.25) is 0 Å². The molecule has 1 aliphatic heterocycles. The molecule has 0 aromatic heterocycles. The summed E-state index contributed by atoms with van der Waals surface area (Å²) in [5.41, 5.74) is -0.256. The molecule has 0 bridgehead atoms. The SMILES string of the molecule is C=CCN(C(=O)C1CNC(=O)CN1)C(C)(C)C. The van der Waals surface area contributed by atoms with Crippen molar-refractivity contribution in [1.82, 2.24) is 15.5 Å². The van der Waals surface area contributed by atoms with Crippen molar-refractivity contribution in [1.29, 1.82) is 0 Å². The molecular weight excluding hydrogens is 218 g/mol. The van der Waals surface area contributed by atoms with E-state index in [9.17, 15) is 9.59 Å². The molecule has 2 N–H and O–H groups in total. The van der Waals surface area contributed by atoms with Crippen LogP contribution >= 0.6 is 0 Å². The molecule has 5 nitrogen and oxygen atoms in total. The molecule has 17 heavy (non-hydrogen) atoms. The van der Waals surface area contributed by atoms with Crippen LogP contribution in [0.25, 0.3) is 0 Å². The van der Waals surface area contributed by atoms with Gasteiger partial charge in [0, 0.05) is 18.6 Å². The Hall–Kier alpha value is -1.36. The van der Waals surface area contributed by atoms with Crippen LogP contribution in [-0.2, 0) is 9.59 Å². The van der Waals surface area contributed by atoms with E-state index < -0.39 is 0 Å². The van der Waals surface area contributed by atoms with Crippen molar-refractivity contribution in [2.24, 2.45) is 0 Å². The van der Waals surface area contributed by atoms with Crippen molar-refractivity contribution in [2.45, 2.75) is 32.4 Å². The molecule has 1 rings (SSSR count). The molecule has 2 amide bonds. The number of hydrogen-bond acceptors (Lipinski definition) is 3. The predicted molar refractivity (Wildman–Crippen MR) is 66.5 cm³/mol. The standard InChI is InChI=1S/C12H21N3O2/c1-5-6-15(12(2,3)4)11(17)9-7-14-10(16)8-13-9/h5,9,13H,1,6-8H2,2-4H3,(H,14,16). The van der Waals surface area contributed by atoms with Crippen molar-refractivity contribution in [3.8, 4) is 0 Å². The zero-order chi connectivity index (χ0) is 13.1. The maximum absolute atomic E-state index is 12.3. The first-order chi connectivity index (χ1) is 7.86. The predicted octanol–water partition coefficient (Wildman–Crippen LogP) is -0.112. The van der Waals surface area contributed by atoms with Crippen LogP contribution in [0.4, 0.5) is 0 Å². The normalized spacial score (nSPS) is 20.6. The van der Waals surface area contributed by atoms with Gasteiger partial charge in [0.1, 0.15) is 6.04 Å². The van der Waals surface area contributed by atoms with Crippen molar-refractivity contribution < 1.29 is 9.59 Å². The molecular formula is C12H21N3O2. The lowest BCUT2D eigenvalue weighted by Crippen LogP contribution is -2.61. The van der Waals surface area contributed by atoms with E-state index in [1.807, 2.05) is 20.8 Å². The molecule has 0 saturated carbocycles. The highest BCUT2D eigenvalue weighted by Gasteiger charge is 2.32. The fraction of sp³-hybridized carbons (Fsp3) is 0.667. The minimum Gasteiger partial charge on any atom is -0.353 e. The molecule has 5 heteroatoms. The van der Waals surface area contributed by atoms with Crippen LogP contribution in [0.5, 0.6) is 0 Å². The molecule has 1 unspecified atom stereocenters. The summed E-state index contributed by atoms with van der Waals surface area (Å²) in [5.74, 6) is -0.0718. The minimum atomic E-state index is -0.341. The van der Waals surface area contributed by atoms with Gasteiger partial charge in [-0.05, 0) is 20.8 Å². The zero-order valence-electron chi connectivity index (χ0n) is 10.7. The number of amides is 2. The van der Waals surface area contributed by atoms with Crippen LogP contribution in [0.3, 0.4) is 0 Å². The maximum Gasteiger partial charge on any atom is 0.242 e. The summed E-state index contributed by atoms with van der Waals surface area (Å²) in [6.45, 7) is 10.7. The van der Waals surface area contributed by atoms with Gasteiger partial charge in [-0.2, -0.15) is 0 Å². The largest absolute Gasteiger partial charge is 0.353 e. The third-order valence-electron chi connectivity index (χ3n) is 2.70. The van der Waals surface area contributed by atoms with Crippen molar-refractivity contribution in [3.05, 3.63) is 12.7 Å². The number of rotatable bonds is 3. The number of nitrogens with one attached hydrogen (secondary N) is 2. The Morgan fingerprint density at radius 3 is 2.65 bits per heavy atom. The highest BCUT2D eigenvalue weighted by Crippen LogP contribution is 2.14. The molecule has 0 radical (unpaired) electrons. The highest BCUT2D eigenvalue weighted by atomic mass is 16.2. The molecule has 96 valence electrons. The van der Waals surface area contributed by atoms with E-state index in [-0.39, 0.29) is 29.9 Å². The molecule has 0 spiro atoms. The number of piperazine rings is 1. The van der Waals surface area contributed by atoms with Crippen LogP contribution in [0.1, 0.15) is 20.8 Å². The molecule has 1 heterocycles. The summed E-state index contributed by atoms with van der Waals surface area (Å²) in [4.78, 5) is 25.1. The fourth-order valence-electron chi connectivity index (χ4n) is 1.75. The summed E-state index contributed by atoms with van der Waals surface area (Å²) >= 11 is 0. The van der Waals surface area contributed by atoms with Crippen LogP contribution < -0.4 is 10.6 Å². The molecule has 1 atom stereocenters. The van der Waals surface area contributed by atoms with Crippen molar-refractivity contribution in [3.63, 3.8) is 0 Å². The van der Waals surface area contributed by atoms with E-state index in [2.05, 4.69) is 17.2 Å². The summed E-state index contributed by atoms with van der Waals surface area (Å²) in [6.07, 6.45) is 1.71. The zero-order valence-corrected chi connectivity index (χ0v) is 10.7. The van der Waals surface area contributed by atoms with Gasteiger partial charge in [-0.25, -0.2) is 0 Å². The van der Waals surface area contributed by atoms with Gasteiger partial charge in [0.15, 0.2) is 0 Å². The van der Waals surface area contributed by atoms with Gasteiger partial charge < -0.3 is 10.2 Å². The van der Waals surface area contributed by atoms with E-state index in [0.29, 0.717) is 13.1 Å². The Bertz CT molecular complexity index is 310. The topological polar surface area (TPSA) is 61.4 Å². The van der Waals surface area contributed by atoms with E-state index in [1.165, 1.54) is 0 Å². The van der Waals surface area contributed by atoms with Gasteiger partial charge in [0.2, 0.25) is 11.8 Å². The number of carbonyl (C=O) groups excluding carboxylic acids is 2. The van der Waals surface area contributed by atoms with E-state index >= 15 is 0 Å². The second-order valence-electron chi connectivity index (χ2n) is 5.15. The number of carbonyl (C=O) groups is 2. The molecule has 1 fully saturated rings. The number of hydrogen-bond donors (Lipinski definition) is 2. The second-order valence-corrected chi connectivity index (χ2v) is 5.15. The summed E-state index contributed by atoms with van der Waals surface area (Å²) in [7, 11) is 0. The molecule has 0 aliphatic carbocycles. The average Bonchev–Trinajstić information content (AvgIpc) is 2.24. The first kappa shape index (κ1) is 13.7. The second kappa shape index (κ2) is 5.31. The lowest BCUT2D eigenvalue weighted by molar-refractivity contribution is -0.138.